The SMILES string of the molecule is CCCCCCC/C=C\C/C=C\C/C=C\CCCCCCCCCCCCCCCCCCCCCCC(=O)NC(COC1OC(CO)C(O)C(O)C1O)C(O)CCCCCCCCCCCCCCCC. The highest BCUT2D eigenvalue weighted by Crippen LogP contribution is 2.23. The van der Waals surface area contributed by atoms with Crippen molar-refractivity contribution in [1.29, 1.82) is 0 Å². The monoisotopic (exact) mass is 1020 g/mol. The molecule has 1 saturated heterocycles. The highest BCUT2D eigenvalue weighted by molar-refractivity contribution is 5.76. The number of nitrogens with one attached hydrogen (secondary N) is 1. The molecule has 0 aromatic rings. The third-order valence-corrected chi connectivity index (χ3v) is 15.0. The van der Waals surface area contributed by atoms with Crippen molar-refractivity contribution in [2.75, 3.05) is 13.2 Å². The van der Waals surface area contributed by atoms with E-state index in [1.807, 2.05) is 0 Å². The maximum absolute atomic E-state index is 13.1. The molecule has 0 radical (unpaired) electrons. The molecule has 1 aliphatic heterocycles. The van der Waals surface area contributed by atoms with E-state index in [1.54, 1.807) is 0 Å². The molecule has 1 fully saturated rings. The smallest absolute Gasteiger partial charge is 0.220 e. The van der Waals surface area contributed by atoms with E-state index in [0.717, 1.165) is 51.4 Å². The topological polar surface area (TPSA) is 149 Å². The van der Waals surface area contributed by atoms with Crippen LogP contribution in [-0.2, 0) is 14.3 Å². The molecule has 0 spiro atoms. The third kappa shape index (κ3) is 41.6. The van der Waals surface area contributed by atoms with Crippen molar-refractivity contribution in [3.05, 3.63) is 36.5 Å². The molecular formula is C63H119NO8. The Morgan fingerprint density at radius 3 is 1.21 bits per heavy atom. The van der Waals surface area contributed by atoms with Crippen LogP contribution >= 0.6 is 0 Å². The summed E-state index contributed by atoms with van der Waals surface area (Å²) in [5, 5.41) is 54.7. The van der Waals surface area contributed by atoms with Crippen molar-refractivity contribution < 1.29 is 39.8 Å². The number of hydrogen-bond acceptors (Lipinski definition) is 8. The summed E-state index contributed by atoms with van der Waals surface area (Å²) in [5.74, 6) is -0.140. The first-order valence-electron chi connectivity index (χ1n) is 31.2. The molecule has 0 aromatic heterocycles. The van der Waals surface area contributed by atoms with Crippen molar-refractivity contribution in [2.45, 2.75) is 346 Å². The summed E-state index contributed by atoms with van der Waals surface area (Å²) in [6.07, 6.45) is 62.0. The minimum Gasteiger partial charge on any atom is -0.394 e. The van der Waals surface area contributed by atoms with Gasteiger partial charge in [0.2, 0.25) is 5.91 Å². The molecule has 9 nitrogen and oxygen atoms in total. The molecule has 1 rings (SSSR count). The maximum Gasteiger partial charge on any atom is 0.220 e. The minimum atomic E-state index is -1.55. The third-order valence-electron chi connectivity index (χ3n) is 15.0. The molecule has 7 atom stereocenters. The maximum atomic E-state index is 13.1. The van der Waals surface area contributed by atoms with Crippen molar-refractivity contribution in [3.8, 4) is 0 Å². The van der Waals surface area contributed by atoms with E-state index in [1.165, 1.54) is 225 Å². The number of carbonyl (C=O) groups is 1. The molecule has 1 amide bonds. The van der Waals surface area contributed by atoms with Crippen molar-refractivity contribution >= 4 is 5.91 Å². The number of aliphatic hydroxyl groups is 5. The van der Waals surface area contributed by atoms with Gasteiger partial charge in [0, 0.05) is 6.42 Å². The van der Waals surface area contributed by atoms with Crippen LogP contribution < -0.4 is 5.32 Å². The molecule has 1 heterocycles. The number of allylic oxidation sites excluding steroid dienone is 6. The molecule has 6 N–H and O–H groups in total. The van der Waals surface area contributed by atoms with Crippen molar-refractivity contribution in [3.63, 3.8) is 0 Å². The van der Waals surface area contributed by atoms with Crippen LogP contribution in [0.2, 0.25) is 0 Å². The van der Waals surface area contributed by atoms with E-state index in [-0.39, 0.29) is 12.5 Å². The number of rotatable bonds is 54. The Labute approximate surface area is 444 Å². The van der Waals surface area contributed by atoms with E-state index in [9.17, 15) is 30.3 Å². The molecule has 0 aliphatic carbocycles. The molecular weight excluding hydrogens is 899 g/mol. The van der Waals surface area contributed by atoms with Crippen LogP contribution in [0.3, 0.4) is 0 Å². The summed E-state index contributed by atoms with van der Waals surface area (Å²) in [6, 6.07) is -0.717. The van der Waals surface area contributed by atoms with Gasteiger partial charge >= 0.3 is 0 Å². The largest absolute Gasteiger partial charge is 0.394 e. The molecule has 7 unspecified atom stereocenters. The number of aliphatic hydroxyl groups excluding tert-OH is 5. The Hall–Kier alpha value is -1.59. The van der Waals surface area contributed by atoms with Crippen LogP contribution in [0.5, 0.6) is 0 Å². The summed E-state index contributed by atoms with van der Waals surface area (Å²) >= 11 is 0. The zero-order chi connectivity index (χ0) is 52.2. The fourth-order valence-corrected chi connectivity index (χ4v) is 10.1. The number of amides is 1. The molecule has 1 aliphatic rings. The first-order valence-corrected chi connectivity index (χ1v) is 31.2. The second-order valence-electron chi connectivity index (χ2n) is 21.9. The van der Waals surface area contributed by atoms with Crippen LogP contribution in [-0.4, -0.2) is 87.5 Å². The Balaban J connectivity index is 2.07. The van der Waals surface area contributed by atoms with Crippen LogP contribution in [0.15, 0.2) is 36.5 Å². The van der Waals surface area contributed by atoms with Crippen LogP contribution in [0.1, 0.15) is 303 Å². The Bertz CT molecular complexity index is 1230. The second kappa shape index (κ2) is 52.8. The Kier molecular flexibility index (Phi) is 50.2. The molecule has 0 bridgehead atoms. The van der Waals surface area contributed by atoms with E-state index in [4.69, 9.17) is 9.47 Å². The number of carbonyl (C=O) groups excluding carboxylic acids is 1. The average molecular weight is 1020 g/mol. The molecule has 0 saturated carbocycles. The predicted molar refractivity (Wildman–Crippen MR) is 304 cm³/mol. The molecule has 424 valence electrons. The highest BCUT2D eigenvalue weighted by atomic mass is 16.7. The summed E-state index contributed by atoms with van der Waals surface area (Å²) in [7, 11) is 0. The lowest BCUT2D eigenvalue weighted by Crippen LogP contribution is -2.60. The van der Waals surface area contributed by atoms with Gasteiger partial charge in [-0.2, -0.15) is 0 Å². The fourth-order valence-electron chi connectivity index (χ4n) is 10.1. The van der Waals surface area contributed by atoms with Crippen LogP contribution in [0, 0.1) is 0 Å². The first-order chi connectivity index (χ1) is 35.3. The lowest BCUT2D eigenvalue weighted by atomic mass is 9.99. The van der Waals surface area contributed by atoms with E-state index < -0.39 is 49.5 Å². The van der Waals surface area contributed by atoms with Crippen molar-refractivity contribution in [1.82, 2.24) is 5.32 Å². The van der Waals surface area contributed by atoms with E-state index in [2.05, 4.69) is 55.6 Å². The van der Waals surface area contributed by atoms with Gasteiger partial charge in [-0.25, -0.2) is 0 Å². The first kappa shape index (κ1) is 68.4. The minimum absolute atomic E-state index is 0.134. The van der Waals surface area contributed by atoms with Gasteiger partial charge < -0.3 is 40.3 Å². The van der Waals surface area contributed by atoms with Gasteiger partial charge in [-0.1, -0.05) is 281 Å². The lowest BCUT2D eigenvalue weighted by Gasteiger charge is -2.40. The molecule has 9 heteroatoms. The summed E-state index contributed by atoms with van der Waals surface area (Å²) in [4.78, 5) is 13.1. The normalized spacial score (nSPS) is 19.3. The zero-order valence-corrected chi connectivity index (χ0v) is 47.2. The lowest BCUT2D eigenvalue weighted by molar-refractivity contribution is -0.302. The van der Waals surface area contributed by atoms with Gasteiger partial charge in [0.1, 0.15) is 24.4 Å². The van der Waals surface area contributed by atoms with Gasteiger partial charge in [-0.3, -0.25) is 4.79 Å². The number of unbranched alkanes of at least 4 members (excludes halogenated alkanes) is 38. The number of ether oxygens (including phenoxy) is 2. The molecule has 72 heavy (non-hydrogen) atoms. The molecule has 0 aromatic carbocycles. The van der Waals surface area contributed by atoms with E-state index >= 15 is 0 Å². The summed E-state index contributed by atoms with van der Waals surface area (Å²) < 4.78 is 11.3. The van der Waals surface area contributed by atoms with Crippen molar-refractivity contribution in [2.24, 2.45) is 0 Å². The van der Waals surface area contributed by atoms with E-state index in [0.29, 0.717) is 12.8 Å². The van der Waals surface area contributed by atoms with Gasteiger partial charge in [-0.05, 0) is 51.4 Å². The standard InChI is InChI=1S/C63H119NO8/c1-3-5-7-9-11-13-15-17-19-20-21-22-23-24-25-26-27-28-29-30-31-32-33-34-35-36-37-38-39-41-43-45-47-49-51-53-59(67)64-56(55-71-63-62(70)61(69)60(68)58(54-65)72-63)57(66)52-50-48-46-44-42-40-18-16-14-12-10-8-6-4-2/h15,17,20-21,23-24,56-58,60-63,65-66,68-70H,3-14,16,18-19,22,25-55H2,1-2H3,(H,64,67)/b17-15-,21-20-,24-23-. The van der Waals surface area contributed by atoms with Crippen LogP contribution in [0.25, 0.3) is 0 Å². The zero-order valence-electron chi connectivity index (χ0n) is 47.2. The quantitative estimate of drug-likeness (QED) is 0.0261. The van der Waals surface area contributed by atoms with Crippen LogP contribution in [0.4, 0.5) is 0 Å². The number of hydrogen-bond donors (Lipinski definition) is 6. The fraction of sp³-hybridized carbons (Fsp3) is 0.889. The van der Waals surface area contributed by atoms with Gasteiger partial charge in [-0.15, -0.1) is 0 Å². The van der Waals surface area contributed by atoms with Gasteiger partial charge in [0.05, 0.1) is 25.4 Å². The summed E-state index contributed by atoms with van der Waals surface area (Å²) in [6.45, 7) is 3.85. The summed E-state index contributed by atoms with van der Waals surface area (Å²) in [5.41, 5.74) is 0. The van der Waals surface area contributed by atoms with Gasteiger partial charge in [0.15, 0.2) is 6.29 Å². The Morgan fingerprint density at radius 1 is 0.472 bits per heavy atom. The second-order valence-corrected chi connectivity index (χ2v) is 21.9. The Morgan fingerprint density at radius 2 is 0.819 bits per heavy atom. The highest BCUT2D eigenvalue weighted by Gasteiger charge is 2.44. The predicted octanol–water partition coefficient (Wildman–Crippen LogP) is 15.9. The average Bonchev–Trinajstić information content (AvgIpc) is 3.38. The van der Waals surface area contributed by atoms with Gasteiger partial charge in [0.25, 0.3) is 0 Å².